The van der Waals surface area contributed by atoms with E-state index < -0.39 is 5.97 Å². The van der Waals surface area contributed by atoms with Gasteiger partial charge in [0.05, 0.1) is 24.4 Å². The number of nitrogens with one attached hydrogen (secondary N) is 1. The second-order valence-corrected chi connectivity index (χ2v) is 6.82. The number of benzene rings is 1. The van der Waals surface area contributed by atoms with Gasteiger partial charge in [0.15, 0.2) is 5.78 Å². The van der Waals surface area contributed by atoms with E-state index >= 15 is 0 Å². The minimum atomic E-state index is -0.440. The van der Waals surface area contributed by atoms with Crippen LogP contribution in [0.5, 0.6) is 5.75 Å². The van der Waals surface area contributed by atoms with Crippen LogP contribution in [0.4, 0.5) is 0 Å². The van der Waals surface area contributed by atoms with Crippen molar-refractivity contribution in [1.29, 1.82) is 0 Å². The minimum Gasteiger partial charge on any atom is -0.490 e. The van der Waals surface area contributed by atoms with Gasteiger partial charge >= 0.3 is 5.97 Å². The van der Waals surface area contributed by atoms with Crippen molar-refractivity contribution < 1.29 is 19.1 Å². The molecule has 2 aromatic rings. The highest BCUT2D eigenvalue weighted by Gasteiger charge is 2.27. The van der Waals surface area contributed by atoms with Gasteiger partial charge < -0.3 is 14.5 Å². The van der Waals surface area contributed by atoms with Gasteiger partial charge in [0.2, 0.25) is 0 Å². The Bertz CT molecular complexity index is 852. The highest BCUT2D eigenvalue weighted by molar-refractivity contribution is 6.03. The molecule has 1 N–H and O–H groups in total. The number of H-pyrrole nitrogens is 1. The zero-order valence-electron chi connectivity index (χ0n) is 17.2. The lowest BCUT2D eigenvalue weighted by atomic mass is 10.0. The average Bonchev–Trinajstić information content (AvgIpc) is 2.99. The van der Waals surface area contributed by atoms with Crippen LogP contribution in [-0.2, 0) is 11.3 Å². The fourth-order valence-corrected chi connectivity index (χ4v) is 3.08. The van der Waals surface area contributed by atoms with Crippen LogP contribution < -0.4 is 4.74 Å². The Balaban J connectivity index is 2.10. The molecule has 1 heterocycles. The van der Waals surface area contributed by atoms with Crippen LogP contribution in [0.25, 0.3) is 0 Å². The van der Waals surface area contributed by atoms with Crippen molar-refractivity contribution in [2.75, 3.05) is 20.8 Å². The Hall–Kier alpha value is -2.86. The van der Waals surface area contributed by atoms with E-state index in [0.717, 1.165) is 11.3 Å². The van der Waals surface area contributed by atoms with Gasteiger partial charge in [-0.1, -0.05) is 24.8 Å². The first-order valence-electron chi connectivity index (χ1n) is 9.14. The Morgan fingerprint density at radius 2 is 1.89 bits per heavy atom. The van der Waals surface area contributed by atoms with E-state index in [1.165, 1.54) is 7.11 Å². The number of Topliss-reactive ketones (excluding diaryl/α,β-unsaturated/α-hetero) is 1. The molecule has 0 aliphatic carbocycles. The van der Waals surface area contributed by atoms with Crippen molar-refractivity contribution in [2.45, 2.75) is 33.4 Å². The van der Waals surface area contributed by atoms with Crippen LogP contribution in [0, 0.1) is 13.8 Å². The van der Waals surface area contributed by atoms with Crippen LogP contribution in [0.1, 0.15) is 44.6 Å². The van der Waals surface area contributed by atoms with Gasteiger partial charge in [-0.15, -0.1) is 0 Å². The Morgan fingerprint density at radius 1 is 1.25 bits per heavy atom. The molecule has 1 aromatic carbocycles. The van der Waals surface area contributed by atoms with Gasteiger partial charge in [-0.05, 0) is 51.1 Å². The molecule has 1 atom stereocenters. The fourth-order valence-electron chi connectivity index (χ4n) is 3.08. The monoisotopic (exact) mass is 384 g/mol. The molecule has 0 aliphatic heterocycles. The van der Waals surface area contributed by atoms with Crippen LogP contribution >= 0.6 is 0 Å². The third-order valence-electron chi connectivity index (χ3n) is 4.84. The van der Waals surface area contributed by atoms with Crippen LogP contribution in [-0.4, -0.2) is 48.4 Å². The largest absolute Gasteiger partial charge is 0.490 e. The molecule has 6 nitrogen and oxygen atoms in total. The van der Waals surface area contributed by atoms with Crippen molar-refractivity contribution in [2.24, 2.45) is 0 Å². The topological polar surface area (TPSA) is 71.6 Å². The Kier molecular flexibility index (Phi) is 7.18. The van der Waals surface area contributed by atoms with Gasteiger partial charge in [0.25, 0.3) is 0 Å². The van der Waals surface area contributed by atoms with Gasteiger partial charge in [-0.2, -0.15) is 0 Å². The first kappa shape index (κ1) is 21.4. The standard InChI is InChI=1S/C22H28N2O4/c1-7-12-28-18-10-8-17(9-11-18)13-24(5)16(4)21(25)20-14(2)19(15(3)23-20)22(26)27-6/h7-11,16,23H,1,12-13H2,2-6H3/t16-/m1/s1. The quantitative estimate of drug-likeness (QED) is 0.406. The maximum atomic E-state index is 13.0. The summed E-state index contributed by atoms with van der Waals surface area (Å²) in [7, 11) is 3.23. The highest BCUT2D eigenvalue weighted by atomic mass is 16.5. The molecule has 0 radical (unpaired) electrons. The van der Waals surface area contributed by atoms with E-state index in [-0.39, 0.29) is 11.8 Å². The number of aromatic nitrogens is 1. The summed E-state index contributed by atoms with van der Waals surface area (Å²) in [5, 5.41) is 0. The summed E-state index contributed by atoms with van der Waals surface area (Å²) in [5.74, 6) is 0.275. The number of aryl methyl sites for hydroxylation is 1. The van der Waals surface area contributed by atoms with Crippen LogP contribution in [0.15, 0.2) is 36.9 Å². The molecule has 0 saturated carbocycles. The Morgan fingerprint density at radius 3 is 2.46 bits per heavy atom. The number of ether oxygens (including phenoxy) is 2. The number of likely N-dealkylation sites (N-methyl/N-ethyl adjacent to an activating group) is 1. The molecule has 0 bridgehead atoms. The van der Waals surface area contributed by atoms with Crippen LogP contribution in [0.2, 0.25) is 0 Å². The summed E-state index contributed by atoms with van der Waals surface area (Å²) in [6.45, 7) is 10.1. The predicted molar refractivity (Wildman–Crippen MR) is 109 cm³/mol. The van der Waals surface area contributed by atoms with E-state index in [4.69, 9.17) is 9.47 Å². The zero-order valence-corrected chi connectivity index (χ0v) is 17.2. The summed E-state index contributed by atoms with van der Waals surface area (Å²) >= 11 is 0. The molecule has 0 spiro atoms. The molecule has 2 rings (SSSR count). The third-order valence-corrected chi connectivity index (χ3v) is 4.84. The lowest BCUT2D eigenvalue weighted by molar-refractivity contribution is 0.0599. The lowest BCUT2D eigenvalue weighted by Gasteiger charge is -2.23. The number of esters is 1. The van der Waals surface area contributed by atoms with E-state index in [2.05, 4.69) is 11.6 Å². The van der Waals surface area contributed by atoms with Gasteiger partial charge in [-0.25, -0.2) is 4.79 Å². The third kappa shape index (κ3) is 4.70. The average molecular weight is 384 g/mol. The van der Waals surface area contributed by atoms with E-state index in [0.29, 0.717) is 35.7 Å². The molecule has 150 valence electrons. The molecule has 1 aromatic heterocycles. The molecule has 0 unspecified atom stereocenters. The smallest absolute Gasteiger partial charge is 0.339 e. The first-order chi connectivity index (χ1) is 13.3. The summed E-state index contributed by atoms with van der Waals surface area (Å²) in [6.07, 6.45) is 1.70. The number of ketones is 1. The molecular formula is C22H28N2O4. The number of nitrogens with zero attached hydrogens (tertiary/aromatic N) is 1. The van der Waals surface area contributed by atoms with Gasteiger partial charge in [0.1, 0.15) is 12.4 Å². The number of carbonyl (C=O) groups excluding carboxylic acids is 2. The summed E-state index contributed by atoms with van der Waals surface area (Å²) in [6, 6.07) is 7.40. The maximum absolute atomic E-state index is 13.0. The number of rotatable bonds is 9. The number of carbonyl (C=O) groups is 2. The highest BCUT2D eigenvalue weighted by Crippen LogP contribution is 2.22. The van der Waals surface area contributed by atoms with Gasteiger partial charge in [-0.3, -0.25) is 9.69 Å². The number of hydrogen-bond acceptors (Lipinski definition) is 5. The molecule has 6 heteroatoms. The van der Waals surface area contributed by atoms with Crippen molar-refractivity contribution in [3.63, 3.8) is 0 Å². The molecule has 0 fully saturated rings. The number of aromatic amines is 1. The van der Waals surface area contributed by atoms with E-state index in [9.17, 15) is 9.59 Å². The van der Waals surface area contributed by atoms with E-state index in [1.54, 1.807) is 19.9 Å². The SMILES string of the molecule is C=CCOc1ccc(CN(C)[C@H](C)C(=O)c2[nH]c(C)c(C(=O)OC)c2C)cc1. The number of hydrogen-bond donors (Lipinski definition) is 1. The molecule has 0 saturated heterocycles. The maximum Gasteiger partial charge on any atom is 0.339 e. The molecule has 28 heavy (non-hydrogen) atoms. The Labute approximate surface area is 166 Å². The second-order valence-electron chi connectivity index (χ2n) is 6.82. The first-order valence-corrected chi connectivity index (χ1v) is 9.14. The normalized spacial score (nSPS) is 11.9. The summed E-state index contributed by atoms with van der Waals surface area (Å²) < 4.78 is 10.3. The summed E-state index contributed by atoms with van der Waals surface area (Å²) in [4.78, 5) is 30.0. The van der Waals surface area contributed by atoms with Crippen molar-refractivity contribution in [1.82, 2.24) is 9.88 Å². The number of methoxy groups -OCH3 is 1. The second kappa shape index (κ2) is 9.37. The minimum absolute atomic E-state index is 0.0656. The predicted octanol–water partition coefficient (Wildman–Crippen LogP) is 3.69. The van der Waals surface area contributed by atoms with Crippen molar-refractivity contribution in [3.05, 3.63) is 65.0 Å². The zero-order chi connectivity index (χ0) is 20.8. The van der Waals surface area contributed by atoms with Crippen molar-refractivity contribution >= 4 is 11.8 Å². The van der Waals surface area contributed by atoms with E-state index in [1.807, 2.05) is 43.1 Å². The fraction of sp³-hybridized carbons (Fsp3) is 0.364. The van der Waals surface area contributed by atoms with Crippen LogP contribution in [0.3, 0.4) is 0 Å². The lowest BCUT2D eigenvalue weighted by Crippen LogP contribution is -2.36. The van der Waals surface area contributed by atoms with Crippen molar-refractivity contribution in [3.8, 4) is 5.75 Å². The molecular weight excluding hydrogens is 356 g/mol. The summed E-state index contributed by atoms with van der Waals surface area (Å²) in [5.41, 5.74) is 3.21. The molecule has 0 amide bonds. The molecule has 0 aliphatic rings. The van der Waals surface area contributed by atoms with Gasteiger partial charge in [0, 0.05) is 12.2 Å².